The second-order valence-electron chi connectivity index (χ2n) is 4.71. The molecule has 1 aromatic carbocycles. The van der Waals surface area contributed by atoms with Gasteiger partial charge in [0, 0.05) is 49.1 Å². The highest BCUT2D eigenvalue weighted by Gasteiger charge is 2.17. The van der Waals surface area contributed by atoms with Crippen molar-refractivity contribution < 1.29 is 9.72 Å². The van der Waals surface area contributed by atoms with Gasteiger partial charge in [-0.05, 0) is 18.6 Å². The lowest BCUT2D eigenvalue weighted by atomic mass is 10.2. The Morgan fingerprint density at radius 2 is 2.10 bits per heavy atom. The van der Waals surface area contributed by atoms with Gasteiger partial charge in [0.1, 0.15) is 0 Å². The van der Waals surface area contributed by atoms with E-state index in [9.17, 15) is 14.9 Å². The summed E-state index contributed by atoms with van der Waals surface area (Å²) in [5, 5.41) is 11.5. The van der Waals surface area contributed by atoms with Gasteiger partial charge in [0.25, 0.3) is 5.69 Å². The molecule has 2 heterocycles. The predicted octanol–water partition coefficient (Wildman–Crippen LogP) is 2.60. The molecule has 20 heavy (non-hydrogen) atoms. The van der Waals surface area contributed by atoms with Gasteiger partial charge < -0.3 is 9.47 Å². The zero-order valence-electron chi connectivity index (χ0n) is 10.7. The fourth-order valence-electron chi connectivity index (χ4n) is 2.37. The van der Waals surface area contributed by atoms with Crippen LogP contribution in [0.2, 0.25) is 0 Å². The van der Waals surface area contributed by atoms with Gasteiger partial charge in [-0.2, -0.15) is 0 Å². The van der Waals surface area contributed by atoms with Crippen molar-refractivity contribution in [2.45, 2.75) is 12.8 Å². The van der Waals surface area contributed by atoms with Crippen molar-refractivity contribution in [1.29, 1.82) is 0 Å². The first kappa shape index (κ1) is 12.4. The Kier molecular flexibility index (Phi) is 2.98. The Balaban J connectivity index is 1.91. The van der Waals surface area contributed by atoms with Gasteiger partial charge >= 0.3 is 0 Å². The number of rotatable bonds is 3. The summed E-state index contributed by atoms with van der Waals surface area (Å²) in [5.41, 5.74) is 0.951. The SMILES string of the molecule is O=C1CCCN1/C=C/n1ccc2cc([N+](=O)[O-])ccc21. The third kappa shape index (κ3) is 2.16. The number of hydrogen-bond donors (Lipinski definition) is 0. The number of nitrogens with zero attached hydrogens (tertiary/aromatic N) is 3. The van der Waals surface area contributed by atoms with E-state index in [2.05, 4.69) is 0 Å². The van der Waals surface area contributed by atoms with Crippen LogP contribution < -0.4 is 0 Å². The summed E-state index contributed by atoms with van der Waals surface area (Å²) in [6.45, 7) is 0.750. The quantitative estimate of drug-likeness (QED) is 0.636. The zero-order chi connectivity index (χ0) is 14.1. The molecule has 1 aliphatic heterocycles. The average molecular weight is 271 g/mol. The van der Waals surface area contributed by atoms with E-state index in [1.165, 1.54) is 6.07 Å². The van der Waals surface area contributed by atoms with Crippen LogP contribution in [0.4, 0.5) is 5.69 Å². The molecule has 6 heteroatoms. The molecule has 0 spiro atoms. The lowest BCUT2D eigenvalue weighted by Crippen LogP contribution is -2.17. The van der Waals surface area contributed by atoms with Crippen molar-refractivity contribution in [1.82, 2.24) is 9.47 Å². The molecule has 1 saturated heterocycles. The smallest absolute Gasteiger partial charge is 0.270 e. The largest absolute Gasteiger partial charge is 0.322 e. The first-order chi connectivity index (χ1) is 9.65. The maximum atomic E-state index is 11.5. The minimum absolute atomic E-state index is 0.0777. The second-order valence-corrected chi connectivity index (χ2v) is 4.71. The molecule has 0 radical (unpaired) electrons. The maximum absolute atomic E-state index is 11.5. The lowest BCUT2D eigenvalue weighted by Gasteiger charge is -2.08. The third-order valence-corrected chi connectivity index (χ3v) is 3.43. The van der Waals surface area contributed by atoms with Gasteiger partial charge in [-0.15, -0.1) is 0 Å². The molecular formula is C14H13N3O3. The molecular weight excluding hydrogens is 258 g/mol. The van der Waals surface area contributed by atoms with Gasteiger partial charge in [-0.25, -0.2) is 0 Å². The van der Waals surface area contributed by atoms with E-state index in [-0.39, 0.29) is 11.6 Å². The van der Waals surface area contributed by atoms with Crippen LogP contribution in [0.15, 0.2) is 36.7 Å². The first-order valence-electron chi connectivity index (χ1n) is 6.38. The maximum Gasteiger partial charge on any atom is 0.270 e. The van der Waals surface area contributed by atoms with Crippen LogP contribution in [0.1, 0.15) is 12.8 Å². The number of carbonyl (C=O) groups excluding carboxylic acids is 1. The molecule has 3 rings (SSSR count). The van der Waals surface area contributed by atoms with Crippen molar-refractivity contribution in [2.24, 2.45) is 0 Å². The number of non-ortho nitro benzene ring substituents is 1. The molecule has 0 aliphatic carbocycles. The molecule has 2 aromatic rings. The van der Waals surface area contributed by atoms with E-state index in [4.69, 9.17) is 0 Å². The summed E-state index contributed by atoms with van der Waals surface area (Å²) in [4.78, 5) is 23.5. The van der Waals surface area contributed by atoms with E-state index in [0.29, 0.717) is 6.42 Å². The Morgan fingerprint density at radius 1 is 1.25 bits per heavy atom. The second kappa shape index (κ2) is 4.80. The lowest BCUT2D eigenvalue weighted by molar-refractivity contribution is -0.384. The third-order valence-electron chi connectivity index (χ3n) is 3.43. The molecule has 1 aromatic heterocycles. The number of benzene rings is 1. The van der Waals surface area contributed by atoms with Gasteiger partial charge in [-0.1, -0.05) is 0 Å². The minimum atomic E-state index is -0.407. The highest BCUT2D eigenvalue weighted by Crippen LogP contribution is 2.22. The number of hydrogen-bond acceptors (Lipinski definition) is 3. The standard InChI is InChI=1S/C14H13N3O3/c18-14-2-1-6-16(14)9-8-15-7-5-11-10-12(17(19)20)3-4-13(11)15/h3-5,7-10H,1-2,6H2/b9-8+. The molecule has 1 fully saturated rings. The van der Waals surface area contributed by atoms with Crippen LogP contribution in [0, 0.1) is 10.1 Å². The average Bonchev–Trinajstić information content (AvgIpc) is 3.02. The fourth-order valence-corrected chi connectivity index (χ4v) is 2.37. The fraction of sp³-hybridized carbons (Fsp3) is 0.214. The summed E-state index contributed by atoms with van der Waals surface area (Å²) >= 11 is 0. The highest BCUT2D eigenvalue weighted by molar-refractivity contribution is 5.84. The Bertz CT molecular complexity index is 718. The van der Waals surface area contributed by atoms with E-state index in [1.54, 1.807) is 29.4 Å². The van der Waals surface area contributed by atoms with Crippen LogP contribution >= 0.6 is 0 Å². The van der Waals surface area contributed by atoms with Crippen LogP contribution in [0.5, 0.6) is 0 Å². The van der Waals surface area contributed by atoms with Gasteiger partial charge in [0.15, 0.2) is 0 Å². The summed E-state index contributed by atoms with van der Waals surface area (Å²) in [7, 11) is 0. The monoisotopic (exact) mass is 271 g/mol. The number of amides is 1. The normalized spacial score (nSPS) is 15.6. The Hall–Kier alpha value is -2.63. The van der Waals surface area contributed by atoms with Crippen LogP contribution in [-0.2, 0) is 4.79 Å². The molecule has 0 saturated carbocycles. The molecule has 0 N–H and O–H groups in total. The molecule has 1 aliphatic rings. The summed E-state index contributed by atoms with van der Waals surface area (Å²) < 4.78 is 1.85. The van der Waals surface area contributed by atoms with Gasteiger partial charge in [0.2, 0.25) is 5.91 Å². The Labute approximate surface area is 115 Å². The van der Waals surface area contributed by atoms with Crippen molar-refractivity contribution in [2.75, 3.05) is 6.54 Å². The number of nitro groups is 1. The topological polar surface area (TPSA) is 68.4 Å². The van der Waals surface area contributed by atoms with Crippen molar-refractivity contribution in [3.05, 3.63) is 46.8 Å². The molecule has 0 atom stereocenters. The number of nitro benzene ring substituents is 1. The molecule has 0 bridgehead atoms. The number of carbonyl (C=O) groups is 1. The van der Waals surface area contributed by atoms with E-state index >= 15 is 0 Å². The molecule has 0 unspecified atom stereocenters. The number of aromatic nitrogens is 1. The predicted molar refractivity (Wildman–Crippen MR) is 74.9 cm³/mol. The number of likely N-dealkylation sites (tertiary alicyclic amines) is 1. The molecule has 6 nitrogen and oxygen atoms in total. The molecule has 1 amide bonds. The van der Waals surface area contributed by atoms with Crippen molar-refractivity contribution in [3.8, 4) is 0 Å². The highest BCUT2D eigenvalue weighted by atomic mass is 16.6. The zero-order valence-corrected chi connectivity index (χ0v) is 10.7. The summed E-state index contributed by atoms with van der Waals surface area (Å²) in [6.07, 6.45) is 6.88. The van der Waals surface area contributed by atoms with Gasteiger partial charge in [-0.3, -0.25) is 14.9 Å². The van der Waals surface area contributed by atoms with Crippen LogP contribution in [0.3, 0.4) is 0 Å². The van der Waals surface area contributed by atoms with Crippen LogP contribution in [-0.4, -0.2) is 26.8 Å². The molecule has 102 valence electrons. The van der Waals surface area contributed by atoms with Crippen molar-refractivity contribution in [3.63, 3.8) is 0 Å². The first-order valence-corrected chi connectivity index (χ1v) is 6.38. The van der Waals surface area contributed by atoms with E-state index in [1.807, 2.05) is 16.8 Å². The summed E-state index contributed by atoms with van der Waals surface area (Å²) in [5.74, 6) is 0.133. The van der Waals surface area contributed by atoms with Crippen LogP contribution in [0.25, 0.3) is 17.1 Å². The summed E-state index contributed by atoms with van der Waals surface area (Å²) in [6, 6.07) is 6.55. The van der Waals surface area contributed by atoms with E-state index in [0.717, 1.165) is 23.9 Å². The van der Waals surface area contributed by atoms with E-state index < -0.39 is 4.92 Å². The minimum Gasteiger partial charge on any atom is -0.322 e. The van der Waals surface area contributed by atoms with Crippen molar-refractivity contribution >= 4 is 28.7 Å². The van der Waals surface area contributed by atoms with Gasteiger partial charge in [0.05, 0.1) is 10.4 Å². The number of fused-ring (bicyclic) bond motifs is 1. The Morgan fingerprint density at radius 3 is 2.80 bits per heavy atom.